The van der Waals surface area contributed by atoms with Crippen molar-refractivity contribution < 1.29 is 8.78 Å². The van der Waals surface area contributed by atoms with Crippen molar-refractivity contribution in [2.75, 3.05) is 0 Å². The van der Waals surface area contributed by atoms with Gasteiger partial charge in [-0.05, 0) is 26.2 Å². The molecule has 1 saturated carbocycles. The summed E-state index contributed by atoms with van der Waals surface area (Å²) in [5.41, 5.74) is -0.595. The molecule has 0 nitrogen and oxygen atoms in total. The fourth-order valence-corrected chi connectivity index (χ4v) is 1.54. The second-order valence-corrected chi connectivity index (χ2v) is 4.13. The first-order chi connectivity index (χ1) is 5.93. The first-order valence-corrected chi connectivity index (χ1v) is 5.31. The van der Waals surface area contributed by atoms with Crippen LogP contribution in [0.2, 0.25) is 0 Å². The van der Waals surface area contributed by atoms with E-state index >= 15 is 0 Å². The molecule has 1 aliphatic carbocycles. The molecule has 80 valence electrons. The van der Waals surface area contributed by atoms with Crippen LogP contribution in [0.3, 0.4) is 0 Å². The Bertz CT molecular complexity index is 132. The summed E-state index contributed by atoms with van der Waals surface area (Å²) in [7, 11) is 0. The minimum absolute atomic E-state index is 0.595. The van der Waals surface area contributed by atoms with E-state index in [2.05, 4.69) is 13.8 Å². The van der Waals surface area contributed by atoms with E-state index in [9.17, 15) is 8.78 Å². The molecule has 2 heteroatoms. The molecule has 0 aromatic carbocycles. The lowest BCUT2D eigenvalue weighted by atomic mass is 9.94. The summed E-state index contributed by atoms with van der Waals surface area (Å²) in [6.07, 6.45) is 4.27. The third kappa shape index (κ3) is 3.61. The average molecular weight is 192 g/mol. The maximum atomic E-state index is 12.7. The van der Waals surface area contributed by atoms with Gasteiger partial charge in [-0.3, -0.25) is 0 Å². The Labute approximate surface area is 80.7 Å². The van der Waals surface area contributed by atoms with Gasteiger partial charge in [-0.1, -0.05) is 33.6 Å². The van der Waals surface area contributed by atoms with Crippen molar-refractivity contribution in [1.82, 2.24) is 0 Å². The minimum Gasteiger partial charge on any atom is -0.207 e. The quantitative estimate of drug-likeness (QED) is 0.611. The normalized spacial score (nSPS) is 18.9. The van der Waals surface area contributed by atoms with Gasteiger partial charge in [0.15, 0.2) is 0 Å². The molecule has 0 aromatic rings. The molecule has 0 aromatic heterocycles. The van der Waals surface area contributed by atoms with E-state index in [1.165, 1.54) is 6.42 Å². The number of hydrogen-bond donors (Lipinski definition) is 0. The van der Waals surface area contributed by atoms with Crippen LogP contribution in [0.25, 0.3) is 0 Å². The molecular weight excluding hydrogens is 170 g/mol. The SMILES string of the molecule is CCC.CCCC1(C(C)(F)F)CC1. The molecule has 0 bridgehead atoms. The minimum atomic E-state index is -2.44. The average Bonchev–Trinajstić information content (AvgIpc) is 2.69. The van der Waals surface area contributed by atoms with Crippen molar-refractivity contribution in [3.05, 3.63) is 0 Å². The van der Waals surface area contributed by atoms with Crippen LogP contribution in [0.5, 0.6) is 0 Å². The van der Waals surface area contributed by atoms with E-state index < -0.39 is 11.3 Å². The Morgan fingerprint density at radius 2 is 1.54 bits per heavy atom. The Morgan fingerprint density at radius 3 is 1.62 bits per heavy atom. The molecule has 0 unspecified atom stereocenters. The van der Waals surface area contributed by atoms with Crippen molar-refractivity contribution in [3.63, 3.8) is 0 Å². The summed E-state index contributed by atoms with van der Waals surface area (Å²) >= 11 is 0. The van der Waals surface area contributed by atoms with E-state index in [1.807, 2.05) is 6.92 Å². The predicted octanol–water partition coefficient (Wildman–Crippen LogP) is 4.64. The van der Waals surface area contributed by atoms with Gasteiger partial charge in [0.25, 0.3) is 5.92 Å². The van der Waals surface area contributed by atoms with Crippen LogP contribution in [0.15, 0.2) is 0 Å². The fraction of sp³-hybridized carbons (Fsp3) is 1.00. The first-order valence-electron chi connectivity index (χ1n) is 5.31. The van der Waals surface area contributed by atoms with Gasteiger partial charge in [-0.2, -0.15) is 0 Å². The van der Waals surface area contributed by atoms with Crippen molar-refractivity contribution >= 4 is 0 Å². The summed E-state index contributed by atoms with van der Waals surface area (Å²) in [6, 6.07) is 0. The van der Waals surface area contributed by atoms with E-state index in [4.69, 9.17) is 0 Å². The lowest BCUT2D eigenvalue weighted by Gasteiger charge is -2.21. The third-order valence-corrected chi connectivity index (χ3v) is 2.51. The molecule has 13 heavy (non-hydrogen) atoms. The molecule has 0 spiro atoms. The third-order valence-electron chi connectivity index (χ3n) is 2.51. The Hall–Kier alpha value is -0.140. The second-order valence-electron chi connectivity index (χ2n) is 4.13. The van der Waals surface area contributed by atoms with Crippen molar-refractivity contribution in [2.24, 2.45) is 5.41 Å². The summed E-state index contributed by atoms with van der Waals surface area (Å²) < 4.78 is 25.5. The summed E-state index contributed by atoms with van der Waals surface area (Å²) in [4.78, 5) is 0. The second kappa shape index (κ2) is 4.92. The van der Waals surface area contributed by atoms with Crippen LogP contribution in [-0.4, -0.2) is 5.92 Å². The van der Waals surface area contributed by atoms with Crippen molar-refractivity contribution in [1.29, 1.82) is 0 Å². The Morgan fingerprint density at radius 1 is 1.15 bits per heavy atom. The summed E-state index contributed by atoms with van der Waals surface area (Å²) in [5, 5.41) is 0. The van der Waals surface area contributed by atoms with E-state index in [0.29, 0.717) is 6.42 Å². The maximum Gasteiger partial charge on any atom is 0.250 e. The number of rotatable bonds is 3. The smallest absolute Gasteiger partial charge is 0.207 e. The van der Waals surface area contributed by atoms with Crippen molar-refractivity contribution in [3.8, 4) is 0 Å². The van der Waals surface area contributed by atoms with Crippen LogP contribution in [-0.2, 0) is 0 Å². The number of alkyl halides is 2. The van der Waals surface area contributed by atoms with Crippen LogP contribution in [0.4, 0.5) is 8.78 Å². The molecule has 0 heterocycles. The van der Waals surface area contributed by atoms with Gasteiger partial charge < -0.3 is 0 Å². The lowest BCUT2D eigenvalue weighted by molar-refractivity contribution is -0.0581. The van der Waals surface area contributed by atoms with Gasteiger partial charge in [-0.25, -0.2) is 8.78 Å². The molecule has 1 fully saturated rings. The molecule has 0 aliphatic heterocycles. The number of hydrogen-bond acceptors (Lipinski definition) is 0. The van der Waals surface area contributed by atoms with Gasteiger partial charge in [0, 0.05) is 5.41 Å². The Kier molecular flexibility index (Phi) is 4.87. The van der Waals surface area contributed by atoms with Gasteiger partial charge in [-0.15, -0.1) is 0 Å². The standard InChI is InChI=1S/C8H14F2.C3H8/c1-3-4-8(5-6-8)7(2,9)10;1-3-2/h3-6H2,1-2H3;3H2,1-2H3. The predicted molar refractivity (Wildman–Crippen MR) is 53.2 cm³/mol. The van der Waals surface area contributed by atoms with Crippen molar-refractivity contribution in [2.45, 2.75) is 65.7 Å². The zero-order chi connectivity index (χ0) is 10.5. The highest BCUT2D eigenvalue weighted by molar-refractivity contribution is 5.00. The highest BCUT2D eigenvalue weighted by Crippen LogP contribution is 2.59. The molecule has 1 aliphatic rings. The lowest BCUT2D eigenvalue weighted by Crippen LogP contribution is -2.25. The molecular formula is C11H22F2. The molecule has 0 saturated heterocycles. The molecule has 0 amide bonds. The van der Waals surface area contributed by atoms with Crippen LogP contribution < -0.4 is 0 Å². The molecule has 1 rings (SSSR count). The molecule has 0 N–H and O–H groups in total. The van der Waals surface area contributed by atoms with Crippen LogP contribution in [0.1, 0.15) is 59.8 Å². The van der Waals surface area contributed by atoms with E-state index in [1.54, 1.807) is 0 Å². The van der Waals surface area contributed by atoms with Crippen LogP contribution in [0, 0.1) is 5.41 Å². The highest BCUT2D eigenvalue weighted by atomic mass is 19.3. The monoisotopic (exact) mass is 192 g/mol. The zero-order valence-corrected chi connectivity index (χ0v) is 9.29. The van der Waals surface area contributed by atoms with Gasteiger partial charge in [0.1, 0.15) is 0 Å². The van der Waals surface area contributed by atoms with Crippen LogP contribution >= 0.6 is 0 Å². The molecule has 0 radical (unpaired) electrons. The Balaban J connectivity index is 0.000000424. The van der Waals surface area contributed by atoms with E-state index in [0.717, 1.165) is 26.2 Å². The largest absolute Gasteiger partial charge is 0.250 e. The molecule has 0 atom stereocenters. The van der Waals surface area contributed by atoms with Gasteiger partial charge >= 0.3 is 0 Å². The summed E-state index contributed by atoms with van der Waals surface area (Å²) in [6.45, 7) is 7.27. The maximum absolute atomic E-state index is 12.7. The first kappa shape index (κ1) is 12.9. The zero-order valence-electron chi connectivity index (χ0n) is 9.29. The fourth-order valence-electron chi connectivity index (χ4n) is 1.54. The van der Waals surface area contributed by atoms with Gasteiger partial charge in [0.2, 0.25) is 0 Å². The van der Waals surface area contributed by atoms with Gasteiger partial charge in [0.05, 0.1) is 0 Å². The topological polar surface area (TPSA) is 0 Å². The highest BCUT2D eigenvalue weighted by Gasteiger charge is 2.57. The number of halogens is 2. The van der Waals surface area contributed by atoms with E-state index in [-0.39, 0.29) is 0 Å². The summed E-state index contributed by atoms with van der Waals surface area (Å²) in [5.74, 6) is -2.44.